The summed E-state index contributed by atoms with van der Waals surface area (Å²) in [6.07, 6.45) is 0. The number of nitrogens with zero attached hydrogens (tertiary/aromatic N) is 3. The Morgan fingerprint density at radius 1 is 1.00 bits per heavy atom. The number of halogens is 2. The minimum atomic E-state index is -1.10. The van der Waals surface area contributed by atoms with Crippen molar-refractivity contribution in [2.45, 2.75) is 20.4 Å². The molecular formula is C20H17F2N5O3. The molecule has 3 rings (SSSR count). The van der Waals surface area contributed by atoms with Gasteiger partial charge in [0.2, 0.25) is 5.91 Å². The van der Waals surface area contributed by atoms with Crippen LogP contribution in [0.3, 0.4) is 0 Å². The predicted octanol–water partition coefficient (Wildman–Crippen LogP) is 2.96. The molecule has 0 aliphatic rings. The topological polar surface area (TPSA) is 106 Å². The Hall–Kier alpha value is -3.95. The second kappa shape index (κ2) is 8.60. The van der Waals surface area contributed by atoms with Gasteiger partial charge in [-0.25, -0.2) is 13.5 Å². The molecule has 0 bridgehead atoms. The Kier molecular flexibility index (Phi) is 5.95. The third kappa shape index (κ3) is 4.72. The van der Waals surface area contributed by atoms with E-state index in [0.29, 0.717) is 16.9 Å². The van der Waals surface area contributed by atoms with Crippen molar-refractivity contribution in [1.29, 1.82) is 0 Å². The van der Waals surface area contributed by atoms with Crippen LogP contribution in [0.5, 0.6) is 0 Å². The normalized spacial score (nSPS) is 10.5. The van der Waals surface area contributed by atoms with Crippen LogP contribution in [-0.4, -0.2) is 32.6 Å². The fourth-order valence-corrected chi connectivity index (χ4v) is 2.64. The van der Waals surface area contributed by atoms with Gasteiger partial charge in [0.15, 0.2) is 23.1 Å². The van der Waals surface area contributed by atoms with Crippen LogP contribution in [0.4, 0.5) is 20.2 Å². The zero-order valence-electron chi connectivity index (χ0n) is 16.1. The summed E-state index contributed by atoms with van der Waals surface area (Å²) in [5.41, 5.74) is 1.20. The lowest BCUT2D eigenvalue weighted by Gasteiger charge is -2.08. The summed E-state index contributed by atoms with van der Waals surface area (Å²) in [5, 5.41) is 12.6. The molecule has 0 fully saturated rings. The van der Waals surface area contributed by atoms with Gasteiger partial charge in [0, 0.05) is 23.0 Å². The molecule has 0 saturated heterocycles. The summed E-state index contributed by atoms with van der Waals surface area (Å²) < 4.78 is 27.5. The van der Waals surface area contributed by atoms with E-state index in [0.717, 1.165) is 12.1 Å². The van der Waals surface area contributed by atoms with E-state index < -0.39 is 23.4 Å². The van der Waals surface area contributed by atoms with Gasteiger partial charge in [0.1, 0.15) is 6.54 Å². The first-order chi connectivity index (χ1) is 14.2. The van der Waals surface area contributed by atoms with Gasteiger partial charge in [0.05, 0.1) is 5.69 Å². The van der Waals surface area contributed by atoms with Gasteiger partial charge in [-0.1, -0.05) is 17.3 Å². The quantitative estimate of drug-likeness (QED) is 0.605. The van der Waals surface area contributed by atoms with Gasteiger partial charge in [-0.3, -0.25) is 14.4 Å². The van der Waals surface area contributed by atoms with E-state index in [2.05, 4.69) is 20.9 Å². The molecule has 0 radical (unpaired) electrons. The van der Waals surface area contributed by atoms with Gasteiger partial charge in [-0.05, 0) is 38.1 Å². The molecule has 1 heterocycles. The van der Waals surface area contributed by atoms with Crippen LogP contribution in [-0.2, 0) is 11.3 Å². The Labute approximate surface area is 169 Å². The molecule has 30 heavy (non-hydrogen) atoms. The third-order valence-electron chi connectivity index (χ3n) is 4.22. The average molecular weight is 413 g/mol. The maximum Gasteiger partial charge on any atom is 0.278 e. The van der Waals surface area contributed by atoms with Gasteiger partial charge in [-0.15, -0.1) is 5.10 Å². The molecule has 2 aromatic carbocycles. The van der Waals surface area contributed by atoms with Gasteiger partial charge in [-0.2, -0.15) is 0 Å². The highest BCUT2D eigenvalue weighted by Crippen LogP contribution is 2.15. The number of benzene rings is 2. The highest BCUT2D eigenvalue weighted by Gasteiger charge is 2.19. The van der Waals surface area contributed by atoms with Crippen molar-refractivity contribution in [2.24, 2.45) is 0 Å². The number of hydrogen-bond donors (Lipinski definition) is 2. The lowest BCUT2D eigenvalue weighted by molar-refractivity contribution is -0.117. The first kappa shape index (κ1) is 20.8. The molecule has 0 spiro atoms. The first-order valence-corrected chi connectivity index (χ1v) is 8.82. The number of anilines is 2. The number of carbonyl (C=O) groups excluding carboxylic acids is 3. The van der Waals surface area contributed by atoms with E-state index in [-0.39, 0.29) is 23.7 Å². The fraction of sp³-hybridized carbons (Fsp3) is 0.150. The Balaban J connectivity index is 1.67. The summed E-state index contributed by atoms with van der Waals surface area (Å²) in [5.74, 6) is -3.38. The molecular weight excluding hydrogens is 396 g/mol. The van der Waals surface area contributed by atoms with Crippen molar-refractivity contribution >= 4 is 29.0 Å². The van der Waals surface area contributed by atoms with Gasteiger partial charge in [0.25, 0.3) is 5.91 Å². The molecule has 1 aromatic heterocycles. The van der Waals surface area contributed by atoms with E-state index >= 15 is 0 Å². The fourth-order valence-electron chi connectivity index (χ4n) is 2.64. The summed E-state index contributed by atoms with van der Waals surface area (Å²) in [6.45, 7) is 2.75. The van der Waals surface area contributed by atoms with E-state index in [9.17, 15) is 23.2 Å². The summed E-state index contributed by atoms with van der Waals surface area (Å²) in [7, 11) is 0. The standard InChI is InChI=1S/C20H17F2N5O3/c1-11-19(20(30)24-15-6-7-16(21)17(22)9-15)25-26-27(11)10-18(29)23-14-5-3-4-13(8-14)12(2)28/h3-9H,10H2,1-2H3,(H,23,29)(H,24,30). The molecule has 0 unspecified atom stereocenters. The van der Waals surface area contributed by atoms with E-state index in [4.69, 9.17) is 0 Å². The Bertz CT molecular complexity index is 1140. The maximum atomic E-state index is 13.3. The van der Waals surface area contributed by atoms with E-state index in [1.807, 2.05) is 0 Å². The smallest absolute Gasteiger partial charge is 0.278 e. The Morgan fingerprint density at radius 3 is 2.43 bits per heavy atom. The van der Waals surface area contributed by atoms with Crippen LogP contribution < -0.4 is 10.6 Å². The second-order valence-corrected chi connectivity index (χ2v) is 6.45. The molecule has 3 aromatic rings. The second-order valence-electron chi connectivity index (χ2n) is 6.45. The largest absolute Gasteiger partial charge is 0.324 e. The number of carbonyl (C=O) groups is 3. The molecule has 0 saturated carbocycles. The summed E-state index contributed by atoms with van der Waals surface area (Å²) in [6, 6.07) is 9.41. The number of amides is 2. The van der Waals surface area contributed by atoms with Gasteiger partial charge < -0.3 is 10.6 Å². The van der Waals surface area contributed by atoms with Crippen LogP contribution >= 0.6 is 0 Å². The average Bonchev–Trinajstić information content (AvgIpc) is 3.05. The van der Waals surface area contributed by atoms with Crippen LogP contribution in [0.25, 0.3) is 0 Å². The summed E-state index contributed by atoms with van der Waals surface area (Å²) >= 11 is 0. The molecule has 2 N–H and O–H groups in total. The number of rotatable bonds is 6. The van der Waals surface area contributed by atoms with Crippen LogP contribution in [0, 0.1) is 18.6 Å². The van der Waals surface area contributed by atoms with Crippen molar-refractivity contribution in [2.75, 3.05) is 10.6 Å². The molecule has 0 atom stereocenters. The molecule has 0 aliphatic heterocycles. The molecule has 0 aliphatic carbocycles. The monoisotopic (exact) mass is 413 g/mol. The van der Waals surface area contributed by atoms with E-state index in [1.165, 1.54) is 17.7 Å². The zero-order chi connectivity index (χ0) is 21.8. The number of aromatic nitrogens is 3. The lowest BCUT2D eigenvalue weighted by atomic mass is 10.1. The molecule has 10 heteroatoms. The van der Waals surface area contributed by atoms with Crippen molar-refractivity contribution in [3.63, 3.8) is 0 Å². The van der Waals surface area contributed by atoms with Crippen molar-refractivity contribution in [3.8, 4) is 0 Å². The zero-order valence-corrected chi connectivity index (χ0v) is 16.1. The minimum Gasteiger partial charge on any atom is -0.324 e. The molecule has 2 amide bonds. The third-order valence-corrected chi connectivity index (χ3v) is 4.22. The van der Waals surface area contributed by atoms with Crippen LogP contribution in [0.1, 0.15) is 33.5 Å². The van der Waals surface area contributed by atoms with Crippen LogP contribution in [0.2, 0.25) is 0 Å². The first-order valence-electron chi connectivity index (χ1n) is 8.82. The van der Waals surface area contributed by atoms with Gasteiger partial charge >= 0.3 is 0 Å². The molecule has 154 valence electrons. The number of nitrogens with one attached hydrogen (secondary N) is 2. The minimum absolute atomic E-state index is 0.0518. The predicted molar refractivity (Wildman–Crippen MR) is 104 cm³/mol. The van der Waals surface area contributed by atoms with Crippen molar-refractivity contribution in [3.05, 3.63) is 71.1 Å². The number of Topliss-reactive ketones (excluding diaryl/α,β-unsaturated/α-hetero) is 1. The number of hydrogen-bond acceptors (Lipinski definition) is 5. The van der Waals surface area contributed by atoms with E-state index in [1.54, 1.807) is 31.2 Å². The SMILES string of the molecule is CC(=O)c1cccc(NC(=O)Cn2nnc(C(=O)Nc3ccc(F)c(F)c3)c2C)c1. The van der Waals surface area contributed by atoms with Crippen molar-refractivity contribution in [1.82, 2.24) is 15.0 Å². The highest BCUT2D eigenvalue weighted by atomic mass is 19.2. The summed E-state index contributed by atoms with van der Waals surface area (Å²) in [4.78, 5) is 36.1. The number of ketones is 1. The highest BCUT2D eigenvalue weighted by molar-refractivity contribution is 6.03. The maximum absolute atomic E-state index is 13.3. The molecule has 8 nitrogen and oxygen atoms in total. The van der Waals surface area contributed by atoms with Crippen molar-refractivity contribution < 1.29 is 23.2 Å². The van der Waals surface area contributed by atoms with Crippen LogP contribution in [0.15, 0.2) is 42.5 Å². The lowest BCUT2D eigenvalue weighted by Crippen LogP contribution is -2.21. The Morgan fingerprint density at radius 2 is 1.73 bits per heavy atom.